The predicted octanol–water partition coefficient (Wildman–Crippen LogP) is 0.810. The molecule has 1 saturated carbocycles. The Balaban J connectivity index is 1.48. The molecule has 1 aliphatic heterocycles. The lowest BCUT2D eigenvalue weighted by atomic mass is 10.3. The van der Waals surface area contributed by atoms with Crippen molar-refractivity contribution in [2.24, 2.45) is 0 Å². The predicted molar refractivity (Wildman–Crippen MR) is 99.2 cm³/mol. The molecule has 0 radical (unpaired) electrons. The first-order valence-corrected chi connectivity index (χ1v) is 9.33. The van der Waals surface area contributed by atoms with Crippen LogP contribution in [0.3, 0.4) is 0 Å². The lowest BCUT2D eigenvalue weighted by Gasteiger charge is -2.32. The van der Waals surface area contributed by atoms with Crippen molar-refractivity contribution in [3.05, 3.63) is 17.8 Å². The number of hydrogen-bond donors (Lipinski definition) is 2. The van der Waals surface area contributed by atoms with Crippen LogP contribution in [0, 0.1) is 0 Å². The first-order chi connectivity index (χ1) is 13.1. The summed E-state index contributed by atoms with van der Waals surface area (Å²) in [5.74, 6) is 1.64. The first kappa shape index (κ1) is 17.7. The summed E-state index contributed by atoms with van der Waals surface area (Å²) in [5.41, 5.74) is 0. The smallest absolute Gasteiger partial charge is 0.302 e. The Kier molecular flexibility index (Phi) is 4.88. The summed E-state index contributed by atoms with van der Waals surface area (Å²) in [5, 5.41) is 5.82. The van der Waals surface area contributed by atoms with Gasteiger partial charge >= 0.3 is 6.01 Å². The zero-order valence-electron chi connectivity index (χ0n) is 15.6. The summed E-state index contributed by atoms with van der Waals surface area (Å²) in [6.07, 6.45) is 4.14. The number of rotatable bonds is 6. The summed E-state index contributed by atoms with van der Waals surface area (Å²) in [6.45, 7) is 5.67. The number of anilines is 3. The number of likely N-dealkylation sites (N-methyl/N-ethyl adjacent to an activating group) is 1. The highest BCUT2D eigenvalue weighted by Gasteiger charge is 2.25. The number of hydrogen-bond acceptors (Lipinski definition) is 9. The van der Waals surface area contributed by atoms with Crippen LogP contribution in [0.5, 0.6) is 0 Å². The van der Waals surface area contributed by atoms with Gasteiger partial charge < -0.3 is 19.5 Å². The van der Waals surface area contributed by atoms with E-state index in [-0.39, 0.29) is 23.7 Å². The Hall–Kier alpha value is -2.75. The average Bonchev–Trinajstić information content (AvgIpc) is 3.36. The van der Waals surface area contributed by atoms with Crippen molar-refractivity contribution in [1.29, 1.82) is 0 Å². The second kappa shape index (κ2) is 7.47. The van der Waals surface area contributed by atoms with Gasteiger partial charge in [-0.05, 0) is 19.9 Å². The number of aromatic nitrogens is 4. The highest BCUT2D eigenvalue weighted by Crippen LogP contribution is 2.21. The van der Waals surface area contributed by atoms with Crippen molar-refractivity contribution in [3.63, 3.8) is 0 Å². The third-order valence-corrected chi connectivity index (χ3v) is 4.63. The van der Waals surface area contributed by atoms with E-state index in [1.54, 1.807) is 0 Å². The summed E-state index contributed by atoms with van der Waals surface area (Å²) in [4.78, 5) is 34.0. The zero-order valence-corrected chi connectivity index (χ0v) is 15.6. The van der Waals surface area contributed by atoms with Crippen LogP contribution in [-0.4, -0.2) is 70.0 Å². The summed E-state index contributed by atoms with van der Waals surface area (Å²) >= 11 is 0. The van der Waals surface area contributed by atoms with Crippen LogP contribution in [0.2, 0.25) is 0 Å². The Morgan fingerprint density at radius 2 is 2.00 bits per heavy atom. The Morgan fingerprint density at radius 3 is 2.70 bits per heavy atom. The molecule has 2 aromatic heterocycles. The Morgan fingerprint density at radius 1 is 1.22 bits per heavy atom. The van der Waals surface area contributed by atoms with Crippen LogP contribution in [0.4, 0.5) is 17.9 Å². The molecule has 144 valence electrons. The van der Waals surface area contributed by atoms with Gasteiger partial charge in [0.2, 0.25) is 17.7 Å². The van der Waals surface area contributed by atoms with E-state index in [0.29, 0.717) is 24.1 Å². The fraction of sp³-hybridized carbons (Fsp3) is 0.588. The zero-order chi connectivity index (χ0) is 18.8. The standard InChI is InChI=1S/C17H24N8O2/c1-3-13-20-15(22-16(21-13)25-8-6-24(2)7-9-25)23-17-18-10-12(27-17)14(26)19-11-4-5-11/h10-11H,3-9H2,1-2H3,(H,19,26)(H,18,20,21,22,23). The molecule has 10 nitrogen and oxygen atoms in total. The van der Waals surface area contributed by atoms with E-state index in [9.17, 15) is 4.79 Å². The fourth-order valence-electron chi connectivity index (χ4n) is 2.79. The highest BCUT2D eigenvalue weighted by atomic mass is 16.4. The molecule has 2 fully saturated rings. The maximum Gasteiger partial charge on any atom is 0.302 e. The molecule has 4 rings (SSSR count). The van der Waals surface area contributed by atoms with Gasteiger partial charge in [-0.1, -0.05) is 6.92 Å². The lowest BCUT2D eigenvalue weighted by molar-refractivity contribution is 0.0924. The van der Waals surface area contributed by atoms with E-state index in [0.717, 1.165) is 39.0 Å². The third kappa shape index (κ3) is 4.33. The molecule has 1 saturated heterocycles. The monoisotopic (exact) mass is 372 g/mol. The second-order valence-corrected chi connectivity index (χ2v) is 6.92. The number of carbonyl (C=O) groups is 1. The number of carbonyl (C=O) groups excluding carboxylic acids is 1. The van der Waals surface area contributed by atoms with E-state index in [4.69, 9.17) is 4.42 Å². The van der Waals surface area contributed by atoms with Crippen LogP contribution in [0.25, 0.3) is 0 Å². The van der Waals surface area contributed by atoms with E-state index in [1.165, 1.54) is 6.20 Å². The number of piperazine rings is 1. The number of nitrogens with zero attached hydrogens (tertiary/aromatic N) is 6. The Labute approximate surface area is 157 Å². The number of nitrogens with one attached hydrogen (secondary N) is 2. The van der Waals surface area contributed by atoms with Crippen molar-refractivity contribution in [2.45, 2.75) is 32.2 Å². The van der Waals surface area contributed by atoms with Gasteiger partial charge in [-0.3, -0.25) is 10.1 Å². The van der Waals surface area contributed by atoms with Crippen LogP contribution < -0.4 is 15.5 Å². The second-order valence-electron chi connectivity index (χ2n) is 6.92. The van der Waals surface area contributed by atoms with Gasteiger partial charge in [0.15, 0.2) is 0 Å². The minimum absolute atomic E-state index is 0.175. The molecule has 2 aliphatic rings. The van der Waals surface area contributed by atoms with E-state index in [2.05, 4.69) is 47.4 Å². The molecule has 1 amide bonds. The van der Waals surface area contributed by atoms with Crippen molar-refractivity contribution >= 4 is 23.8 Å². The molecular weight excluding hydrogens is 348 g/mol. The van der Waals surface area contributed by atoms with E-state index in [1.807, 2.05) is 6.92 Å². The third-order valence-electron chi connectivity index (χ3n) is 4.63. The molecule has 0 aromatic carbocycles. The van der Waals surface area contributed by atoms with Gasteiger partial charge in [-0.25, -0.2) is 4.98 Å². The normalized spacial score (nSPS) is 17.8. The summed E-state index contributed by atoms with van der Waals surface area (Å²) < 4.78 is 5.50. The summed E-state index contributed by atoms with van der Waals surface area (Å²) in [6, 6.07) is 0.453. The van der Waals surface area contributed by atoms with Crippen LogP contribution in [-0.2, 0) is 6.42 Å². The average molecular weight is 372 g/mol. The minimum Gasteiger partial charge on any atom is -0.418 e. The molecule has 3 heterocycles. The number of oxazole rings is 1. The molecule has 2 N–H and O–H groups in total. The molecule has 2 aromatic rings. The largest absolute Gasteiger partial charge is 0.418 e. The van der Waals surface area contributed by atoms with Gasteiger partial charge in [0.05, 0.1) is 6.20 Å². The first-order valence-electron chi connectivity index (χ1n) is 9.33. The quantitative estimate of drug-likeness (QED) is 0.760. The van der Waals surface area contributed by atoms with Gasteiger partial charge in [0, 0.05) is 38.6 Å². The van der Waals surface area contributed by atoms with Gasteiger partial charge in [0.25, 0.3) is 5.91 Å². The van der Waals surface area contributed by atoms with Crippen molar-refractivity contribution in [2.75, 3.05) is 43.4 Å². The van der Waals surface area contributed by atoms with E-state index < -0.39 is 0 Å². The summed E-state index contributed by atoms with van der Waals surface area (Å²) in [7, 11) is 2.11. The van der Waals surface area contributed by atoms with Gasteiger partial charge in [-0.15, -0.1) is 0 Å². The van der Waals surface area contributed by atoms with Crippen LogP contribution in [0.1, 0.15) is 36.1 Å². The van der Waals surface area contributed by atoms with Crippen molar-refractivity contribution in [3.8, 4) is 0 Å². The topological polar surface area (TPSA) is 112 Å². The highest BCUT2D eigenvalue weighted by molar-refractivity contribution is 5.91. The SMILES string of the molecule is CCc1nc(Nc2ncc(C(=O)NC3CC3)o2)nc(N2CCN(C)CC2)n1. The molecule has 0 bridgehead atoms. The van der Waals surface area contributed by atoms with Crippen LogP contribution in [0.15, 0.2) is 10.6 Å². The van der Waals surface area contributed by atoms with Crippen LogP contribution >= 0.6 is 0 Å². The molecule has 0 spiro atoms. The van der Waals surface area contributed by atoms with Gasteiger partial charge in [-0.2, -0.15) is 15.0 Å². The molecule has 1 aliphatic carbocycles. The maximum absolute atomic E-state index is 12.0. The van der Waals surface area contributed by atoms with Crippen molar-refractivity contribution < 1.29 is 9.21 Å². The lowest BCUT2D eigenvalue weighted by Crippen LogP contribution is -2.45. The molecule has 0 atom stereocenters. The van der Waals surface area contributed by atoms with E-state index >= 15 is 0 Å². The maximum atomic E-state index is 12.0. The molecule has 0 unspecified atom stereocenters. The van der Waals surface area contributed by atoms with Crippen molar-refractivity contribution in [1.82, 2.24) is 30.2 Å². The Bertz CT molecular complexity index is 811. The number of amides is 1. The molecule has 10 heteroatoms. The molecule has 27 heavy (non-hydrogen) atoms. The van der Waals surface area contributed by atoms with Gasteiger partial charge in [0.1, 0.15) is 5.82 Å². The molecular formula is C17H24N8O2. The fourth-order valence-corrected chi connectivity index (χ4v) is 2.79. The number of aryl methyl sites for hydroxylation is 1. The minimum atomic E-state index is -0.249.